The lowest BCUT2D eigenvalue weighted by Gasteiger charge is -2.15. The van der Waals surface area contributed by atoms with Crippen LogP contribution in [0.4, 0.5) is 4.79 Å². The molecule has 4 nitrogen and oxygen atoms in total. The number of H-pyrrole nitrogens is 1. The van der Waals surface area contributed by atoms with Crippen LogP contribution < -0.4 is 5.32 Å². The fourth-order valence-electron chi connectivity index (χ4n) is 2.62. The standard InChI is InChI=1S/C15H18ClN3O.C2H6/c1-10-6-14-11(8-13(10)16)7-12(18-14)9-17-15(20)19-4-2-3-5-19;1-2/h6-8,18H,2-5,9H2,1H3,(H,17,20);1-2H3. The molecular formula is C17H24ClN3O. The first-order chi connectivity index (χ1) is 10.6. The molecule has 0 bridgehead atoms. The van der Waals surface area contributed by atoms with Crippen molar-refractivity contribution in [2.45, 2.75) is 40.2 Å². The minimum atomic E-state index is 0.0235. The summed E-state index contributed by atoms with van der Waals surface area (Å²) in [5.74, 6) is 0. The maximum absolute atomic E-state index is 11.9. The number of hydrogen-bond donors (Lipinski definition) is 2. The normalized spacial score (nSPS) is 13.9. The Balaban J connectivity index is 0.000000847. The summed E-state index contributed by atoms with van der Waals surface area (Å²) in [6, 6.07) is 6.04. The first-order valence-corrected chi connectivity index (χ1v) is 8.32. The Morgan fingerprint density at radius 2 is 1.95 bits per heavy atom. The highest BCUT2D eigenvalue weighted by molar-refractivity contribution is 6.32. The second kappa shape index (κ2) is 7.54. The Bertz CT molecular complexity index is 606. The van der Waals surface area contributed by atoms with Crippen LogP contribution in [-0.2, 0) is 6.54 Å². The molecule has 5 heteroatoms. The molecule has 2 heterocycles. The Morgan fingerprint density at radius 1 is 1.27 bits per heavy atom. The fraction of sp³-hybridized carbons (Fsp3) is 0.471. The van der Waals surface area contributed by atoms with Crippen molar-refractivity contribution in [1.29, 1.82) is 0 Å². The van der Waals surface area contributed by atoms with Gasteiger partial charge in [-0.3, -0.25) is 0 Å². The number of carbonyl (C=O) groups excluding carboxylic acids is 1. The van der Waals surface area contributed by atoms with Gasteiger partial charge in [0, 0.05) is 34.7 Å². The first kappa shape index (κ1) is 16.7. The Morgan fingerprint density at radius 3 is 2.64 bits per heavy atom. The van der Waals surface area contributed by atoms with Gasteiger partial charge in [0.05, 0.1) is 6.54 Å². The Hall–Kier alpha value is -1.68. The number of hydrogen-bond acceptors (Lipinski definition) is 1. The molecule has 1 aliphatic rings. The summed E-state index contributed by atoms with van der Waals surface area (Å²) in [7, 11) is 0. The topological polar surface area (TPSA) is 48.1 Å². The van der Waals surface area contributed by atoms with Crippen LogP contribution in [0.3, 0.4) is 0 Å². The minimum Gasteiger partial charge on any atom is -0.357 e. The van der Waals surface area contributed by atoms with E-state index in [1.807, 2.05) is 43.9 Å². The highest BCUT2D eigenvalue weighted by Crippen LogP contribution is 2.24. The summed E-state index contributed by atoms with van der Waals surface area (Å²) in [5.41, 5.74) is 3.10. The van der Waals surface area contributed by atoms with E-state index in [9.17, 15) is 4.79 Å². The molecule has 2 amide bonds. The van der Waals surface area contributed by atoms with Gasteiger partial charge in [0.2, 0.25) is 0 Å². The van der Waals surface area contributed by atoms with Crippen LogP contribution in [0.1, 0.15) is 37.9 Å². The first-order valence-electron chi connectivity index (χ1n) is 7.94. The molecule has 2 aromatic rings. The number of aryl methyl sites for hydroxylation is 1. The number of fused-ring (bicyclic) bond motifs is 1. The van der Waals surface area contributed by atoms with Gasteiger partial charge in [0.15, 0.2) is 0 Å². The molecule has 1 saturated heterocycles. The third-order valence-corrected chi connectivity index (χ3v) is 4.19. The molecule has 0 unspecified atom stereocenters. The van der Waals surface area contributed by atoms with Gasteiger partial charge in [-0.05, 0) is 43.5 Å². The number of nitrogens with zero attached hydrogens (tertiary/aromatic N) is 1. The number of amides is 2. The molecule has 1 aromatic carbocycles. The summed E-state index contributed by atoms with van der Waals surface area (Å²) in [6.07, 6.45) is 2.22. The number of halogens is 1. The lowest BCUT2D eigenvalue weighted by Crippen LogP contribution is -2.37. The van der Waals surface area contributed by atoms with Gasteiger partial charge < -0.3 is 15.2 Å². The number of aromatic nitrogens is 1. The summed E-state index contributed by atoms with van der Waals surface area (Å²) >= 11 is 6.12. The number of rotatable bonds is 2. The second-order valence-corrected chi connectivity index (χ2v) is 5.74. The van der Waals surface area contributed by atoms with Crippen molar-refractivity contribution in [3.05, 3.63) is 34.5 Å². The molecule has 3 rings (SSSR count). The zero-order chi connectivity index (χ0) is 16.1. The monoisotopic (exact) mass is 321 g/mol. The summed E-state index contributed by atoms with van der Waals surface area (Å²) in [6.45, 7) is 8.23. The van der Waals surface area contributed by atoms with Gasteiger partial charge in [-0.15, -0.1) is 0 Å². The maximum atomic E-state index is 11.9. The molecule has 2 N–H and O–H groups in total. The number of nitrogens with one attached hydrogen (secondary N) is 2. The van der Waals surface area contributed by atoms with E-state index in [2.05, 4.69) is 10.3 Å². The lowest BCUT2D eigenvalue weighted by molar-refractivity contribution is 0.208. The predicted octanol–water partition coefficient (Wildman–Crippen LogP) is 4.46. The van der Waals surface area contributed by atoms with Gasteiger partial charge in [-0.2, -0.15) is 0 Å². The highest BCUT2D eigenvalue weighted by atomic mass is 35.5. The average molecular weight is 322 g/mol. The van der Waals surface area contributed by atoms with Crippen LogP contribution in [0.25, 0.3) is 10.9 Å². The molecule has 22 heavy (non-hydrogen) atoms. The number of carbonyl (C=O) groups is 1. The van der Waals surface area contributed by atoms with Crippen molar-refractivity contribution >= 4 is 28.5 Å². The van der Waals surface area contributed by atoms with E-state index in [4.69, 9.17) is 11.6 Å². The van der Waals surface area contributed by atoms with E-state index in [0.717, 1.165) is 53.1 Å². The summed E-state index contributed by atoms with van der Waals surface area (Å²) in [4.78, 5) is 17.1. The van der Waals surface area contributed by atoms with Crippen molar-refractivity contribution in [3.63, 3.8) is 0 Å². The second-order valence-electron chi connectivity index (χ2n) is 5.34. The summed E-state index contributed by atoms with van der Waals surface area (Å²) < 4.78 is 0. The predicted molar refractivity (Wildman–Crippen MR) is 92.4 cm³/mol. The van der Waals surface area contributed by atoms with Crippen molar-refractivity contribution in [2.75, 3.05) is 13.1 Å². The third kappa shape index (κ3) is 3.74. The highest BCUT2D eigenvalue weighted by Gasteiger charge is 2.17. The van der Waals surface area contributed by atoms with E-state index in [0.29, 0.717) is 6.54 Å². The number of likely N-dealkylation sites (tertiary alicyclic amines) is 1. The number of benzene rings is 1. The smallest absolute Gasteiger partial charge is 0.317 e. The van der Waals surface area contributed by atoms with Crippen molar-refractivity contribution in [3.8, 4) is 0 Å². The van der Waals surface area contributed by atoms with E-state index in [1.165, 1.54) is 0 Å². The molecule has 0 atom stereocenters. The van der Waals surface area contributed by atoms with Gasteiger partial charge in [-0.25, -0.2) is 4.79 Å². The van der Waals surface area contributed by atoms with Crippen LogP contribution in [0.15, 0.2) is 18.2 Å². The van der Waals surface area contributed by atoms with Crippen LogP contribution in [-0.4, -0.2) is 29.0 Å². The average Bonchev–Trinajstić information content (AvgIpc) is 3.17. The van der Waals surface area contributed by atoms with Crippen LogP contribution in [0.5, 0.6) is 0 Å². The van der Waals surface area contributed by atoms with E-state index >= 15 is 0 Å². The molecule has 1 aromatic heterocycles. The maximum Gasteiger partial charge on any atom is 0.317 e. The van der Waals surface area contributed by atoms with Crippen LogP contribution >= 0.6 is 11.6 Å². The molecular weight excluding hydrogens is 298 g/mol. The largest absolute Gasteiger partial charge is 0.357 e. The molecule has 1 aliphatic heterocycles. The lowest BCUT2D eigenvalue weighted by atomic mass is 10.2. The van der Waals surface area contributed by atoms with Crippen LogP contribution in [0, 0.1) is 6.92 Å². The number of urea groups is 1. The molecule has 0 spiro atoms. The van der Waals surface area contributed by atoms with Crippen molar-refractivity contribution in [1.82, 2.24) is 15.2 Å². The Kier molecular flexibility index (Phi) is 5.72. The van der Waals surface area contributed by atoms with E-state index < -0.39 is 0 Å². The zero-order valence-electron chi connectivity index (χ0n) is 13.5. The quantitative estimate of drug-likeness (QED) is 0.842. The molecule has 1 fully saturated rings. The third-order valence-electron chi connectivity index (χ3n) is 3.78. The Labute approximate surface area is 136 Å². The van der Waals surface area contributed by atoms with E-state index in [1.54, 1.807) is 0 Å². The van der Waals surface area contributed by atoms with E-state index in [-0.39, 0.29) is 6.03 Å². The molecule has 120 valence electrons. The molecule has 0 radical (unpaired) electrons. The van der Waals surface area contributed by atoms with Gasteiger partial charge in [-0.1, -0.05) is 25.4 Å². The molecule has 0 aliphatic carbocycles. The minimum absolute atomic E-state index is 0.0235. The fourth-order valence-corrected chi connectivity index (χ4v) is 2.79. The van der Waals surface area contributed by atoms with Gasteiger partial charge >= 0.3 is 6.03 Å². The zero-order valence-corrected chi connectivity index (χ0v) is 14.3. The van der Waals surface area contributed by atoms with Gasteiger partial charge in [0.1, 0.15) is 0 Å². The van der Waals surface area contributed by atoms with Crippen molar-refractivity contribution < 1.29 is 4.79 Å². The van der Waals surface area contributed by atoms with Gasteiger partial charge in [0.25, 0.3) is 0 Å². The van der Waals surface area contributed by atoms with Crippen molar-refractivity contribution in [2.24, 2.45) is 0 Å². The summed E-state index contributed by atoms with van der Waals surface area (Å²) in [5, 5.41) is 4.80. The van der Waals surface area contributed by atoms with Crippen LogP contribution in [0.2, 0.25) is 5.02 Å². The number of aromatic amines is 1. The molecule has 0 saturated carbocycles. The SMILES string of the molecule is CC.Cc1cc2[nH]c(CNC(=O)N3CCCC3)cc2cc1Cl.